The number of nitrogens with zero attached hydrogens (tertiary/aromatic N) is 12. The Labute approximate surface area is 222 Å². The van der Waals surface area contributed by atoms with Crippen molar-refractivity contribution < 1.29 is 4.79 Å². The molecule has 1 aliphatic rings. The molecule has 13 heteroatoms. The molecule has 1 aliphatic carbocycles. The second-order valence-corrected chi connectivity index (χ2v) is 8.02. The molecule has 4 rings (SSSR count). The number of Topliss-reactive ketones (excluding diaryl/α,β-unsaturated/α-hetero) is 1. The van der Waals surface area contributed by atoms with Crippen LogP contribution >= 0.6 is 0 Å². The summed E-state index contributed by atoms with van der Waals surface area (Å²) in [4.78, 5) is 23.0. The van der Waals surface area contributed by atoms with Gasteiger partial charge in [0.05, 0.1) is 5.92 Å². The number of carbonyl (C=O) groups excluding carboxylic acids is 1. The van der Waals surface area contributed by atoms with Crippen LogP contribution in [0, 0.1) is 5.92 Å². The van der Waals surface area contributed by atoms with Crippen molar-refractivity contribution in [2.24, 2.45) is 26.4 Å². The van der Waals surface area contributed by atoms with Gasteiger partial charge in [-0.3, -0.25) is 4.79 Å². The molecule has 0 aromatic heterocycles. The van der Waals surface area contributed by atoms with Crippen LogP contribution in [-0.4, -0.2) is 11.4 Å². The number of hydrogen-bond acceptors (Lipinski definition) is 5. The molecule has 0 heterocycles. The molecular weight excluding hydrogens is 496 g/mol. The summed E-state index contributed by atoms with van der Waals surface area (Å²) in [5, 5.41) is 13.9. The Bertz CT molecular complexity index is 1460. The number of carbonyl (C=O) groups is 1. The number of allylic oxidation sites excluding steroid dienone is 2. The van der Waals surface area contributed by atoms with Crippen molar-refractivity contribution in [3.05, 3.63) is 162 Å². The van der Waals surface area contributed by atoms with Crippen molar-refractivity contribution in [3.63, 3.8) is 0 Å². The van der Waals surface area contributed by atoms with Gasteiger partial charge in [-0.15, -0.1) is 0 Å². The monoisotopic (exact) mass is 516 g/mol. The third-order valence-corrected chi connectivity index (χ3v) is 5.47. The maximum absolute atomic E-state index is 12.2. The van der Waals surface area contributed by atoms with Crippen LogP contribution < -0.4 is 0 Å². The summed E-state index contributed by atoms with van der Waals surface area (Å²) in [6.45, 7) is 0. The number of benzene rings is 3. The Morgan fingerprint density at radius 2 is 1.13 bits per heavy atom. The molecule has 0 radical (unpaired) electrons. The van der Waals surface area contributed by atoms with Crippen LogP contribution in [0.3, 0.4) is 0 Å². The van der Waals surface area contributed by atoms with Gasteiger partial charge in [-0.1, -0.05) is 124 Å². The lowest BCUT2D eigenvalue weighted by Crippen LogP contribution is -2.22. The summed E-state index contributed by atoms with van der Waals surface area (Å²) in [5.74, 6) is -0.540. The van der Waals surface area contributed by atoms with Gasteiger partial charge in [-0.2, -0.15) is 0 Å². The van der Waals surface area contributed by atoms with Crippen molar-refractivity contribution in [1.29, 1.82) is 0 Å². The summed E-state index contributed by atoms with van der Waals surface area (Å²) in [7, 11) is 0. The molecule has 0 bridgehead atoms. The highest BCUT2D eigenvalue weighted by Crippen LogP contribution is 2.26. The molecule has 0 atom stereocenters. The van der Waals surface area contributed by atoms with E-state index in [0.29, 0.717) is 16.9 Å². The molecule has 0 fully saturated rings. The Hall–Kier alpha value is -5.95. The molecule has 0 unspecified atom stereocenters. The van der Waals surface area contributed by atoms with Crippen molar-refractivity contribution >= 4 is 17.2 Å². The minimum absolute atomic E-state index is 0.0754. The number of ketones is 1. The zero-order valence-electron chi connectivity index (χ0n) is 20.4. The average molecular weight is 517 g/mol. The van der Waals surface area contributed by atoms with Crippen LogP contribution in [0.1, 0.15) is 21.5 Å². The van der Waals surface area contributed by atoms with Crippen LogP contribution in [0.5, 0.6) is 0 Å². The molecule has 3 aromatic carbocycles. The van der Waals surface area contributed by atoms with Crippen LogP contribution in [0.15, 0.2) is 124 Å². The zero-order chi connectivity index (χ0) is 27.9. The van der Waals surface area contributed by atoms with Gasteiger partial charge in [0.1, 0.15) is 0 Å². The van der Waals surface area contributed by atoms with E-state index in [9.17, 15) is 4.79 Å². The number of hydrogen-bond donors (Lipinski definition) is 0. The molecular formula is C26H20N12O. The normalized spacial score (nSPS) is 16.6. The Kier molecular flexibility index (Phi) is 9.89. The zero-order valence-corrected chi connectivity index (χ0v) is 20.4. The molecule has 3 aromatic rings. The van der Waals surface area contributed by atoms with Gasteiger partial charge in [0.15, 0.2) is 11.4 Å². The quantitative estimate of drug-likeness (QED) is 0.0924. The minimum atomic E-state index is -1.41. The highest BCUT2D eigenvalue weighted by atomic mass is 16.1. The fourth-order valence-electron chi connectivity index (χ4n) is 3.58. The topological polar surface area (TPSA) is 212 Å². The van der Waals surface area contributed by atoms with Crippen LogP contribution in [-0.2, 0) is 6.42 Å². The van der Waals surface area contributed by atoms with E-state index in [-0.39, 0.29) is 5.78 Å². The fraction of sp³-hybridized carbons (Fsp3) is 0.115. The standard InChI is InChI=1S/C13H10N6O.C13H10N6/c14-18-16-13(17-19-15)8-6-11(7-9-13)12(20)10-4-2-1-3-5-10;14-18-16-12-5-1-10(2-6-12)9-11-3-7-13(8-4-11)17-19-15/h1-9,11H;1-8H,9H2. The van der Waals surface area contributed by atoms with Gasteiger partial charge < -0.3 is 0 Å². The highest BCUT2D eigenvalue weighted by molar-refractivity contribution is 6.00. The Morgan fingerprint density at radius 3 is 1.54 bits per heavy atom. The fourth-order valence-corrected chi connectivity index (χ4v) is 3.58. The molecule has 0 aliphatic heterocycles. The maximum atomic E-state index is 12.2. The number of azide groups is 3. The summed E-state index contributed by atoms with van der Waals surface area (Å²) in [5.41, 5.74) is 36.3. The van der Waals surface area contributed by atoms with Crippen LogP contribution in [0.25, 0.3) is 41.8 Å². The molecule has 0 saturated carbocycles. The molecule has 0 spiro atoms. The third kappa shape index (κ3) is 8.03. The molecule has 0 saturated heterocycles. The first kappa shape index (κ1) is 27.6. The van der Waals surface area contributed by atoms with Gasteiger partial charge in [-0.25, -0.2) is 0 Å². The third-order valence-electron chi connectivity index (χ3n) is 5.47. The summed E-state index contributed by atoms with van der Waals surface area (Å²) in [6.07, 6.45) is 6.76. The Balaban J connectivity index is 0.000000216. The lowest BCUT2D eigenvalue weighted by atomic mass is 9.91. The van der Waals surface area contributed by atoms with Crippen molar-refractivity contribution in [1.82, 2.24) is 0 Å². The lowest BCUT2D eigenvalue weighted by Gasteiger charge is -2.20. The second-order valence-electron chi connectivity index (χ2n) is 8.02. The van der Waals surface area contributed by atoms with Gasteiger partial charge in [0.25, 0.3) is 0 Å². The largest absolute Gasteiger partial charge is 0.293 e. The number of rotatable bonds is 8. The van der Waals surface area contributed by atoms with E-state index in [1.54, 1.807) is 60.7 Å². The molecule has 0 N–H and O–H groups in total. The van der Waals surface area contributed by atoms with E-state index >= 15 is 0 Å². The van der Waals surface area contributed by atoms with E-state index in [0.717, 1.165) is 17.5 Å². The van der Waals surface area contributed by atoms with Crippen LogP contribution in [0.4, 0.5) is 11.4 Å². The van der Waals surface area contributed by atoms with E-state index < -0.39 is 11.6 Å². The van der Waals surface area contributed by atoms with E-state index in [1.165, 1.54) is 12.2 Å². The SMILES string of the molecule is [N-]=[N+]=NC1(N=[N+]=[N-])C=CC(C(=O)c2ccccc2)C=C1.[N-]=[N+]=Nc1ccc(Cc2ccc(N=[N+]=[N-])cc2)cc1. The van der Waals surface area contributed by atoms with E-state index in [4.69, 9.17) is 22.1 Å². The molecule has 13 nitrogen and oxygen atoms in total. The molecule has 39 heavy (non-hydrogen) atoms. The van der Waals surface area contributed by atoms with Gasteiger partial charge in [-0.05, 0) is 39.7 Å². The summed E-state index contributed by atoms with van der Waals surface area (Å²) in [6, 6.07) is 23.7. The minimum Gasteiger partial charge on any atom is -0.293 e. The van der Waals surface area contributed by atoms with Gasteiger partial charge in [0, 0.05) is 36.6 Å². The Morgan fingerprint density at radius 1 is 0.667 bits per heavy atom. The summed E-state index contributed by atoms with van der Waals surface area (Å²) < 4.78 is 0. The maximum Gasteiger partial charge on any atom is 0.173 e. The first-order chi connectivity index (χ1) is 19.0. The van der Waals surface area contributed by atoms with Crippen molar-refractivity contribution in [2.45, 2.75) is 12.1 Å². The molecule has 190 valence electrons. The summed E-state index contributed by atoms with van der Waals surface area (Å²) >= 11 is 0. The lowest BCUT2D eigenvalue weighted by molar-refractivity contribution is 0.0964. The van der Waals surface area contributed by atoms with E-state index in [2.05, 4.69) is 40.1 Å². The first-order valence-electron chi connectivity index (χ1n) is 11.4. The predicted molar refractivity (Wildman–Crippen MR) is 147 cm³/mol. The average Bonchev–Trinajstić information content (AvgIpc) is 2.97. The van der Waals surface area contributed by atoms with Crippen LogP contribution in [0.2, 0.25) is 0 Å². The van der Waals surface area contributed by atoms with Gasteiger partial charge in [0.2, 0.25) is 0 Å². The smallest absolute Gasteiger partial charge is 0.173 e. The first-order valence-corrected chi connectivity index (χ1v) is 11.4. The predicted octanol–water partition coefficient (Wildman–Crippen LogP) is 9.09. The van der Waals surface area contributed by atoms with Gasteiger partial charge >= 0.3 is 0 Å². The van der Waals surface area contributed by atoms with E-state index in [1.807, 2.05) is 30.3 Å². The highest BCUT2D eigenvalue weighted by Gasteiger charge is 2.27. The van der Waals surface area contributed by atoms with Crippen molar-refractivity contribution in [2.75, 3.05) is 0 Å². The second kappa shape index (κ2) is 14.0. The molecule has 0 amide bonds. The van der Waals surface area contributed by atoms with Crippen molar-refractivity contribution in [3.8, 4) is 0 Å².